The molecule has 0 aromatic carbocycles. The number of nitrogens with zero attached hydrogens (tertiary/aromatic N) is 1. The number of hydrogen-bond acceptors (Lipinski definition) is 2. The standard InChI is InChI=1S/C8H10N2O/c1-6-7(2)9-4-3-8(6)10-5-11/h3-5H,1-2H3,(H,9,10,11). The number of carbonyl (C=O) groups is 1. The van der Waals surface area contributed by atoms with Crippen LogP contribution < -0.4 is 5.32 Å². The van der Waals surface area contributed by atoms with Gasteiger partial charge in [-0.25, -0.2) is 0 Å². The van der Waals surface area contributed by atoms with Crippen LogP contribution >= 0.6 is 0 Å². The zero-order chi connectivity index (χ0) is 8.27. The lowest BCUT2D eigenvalue weighted by atomic mass is 10.2. The number of carbonyl (C=O) groups excluding carboxylic acids is 1. The van der Waals surface area contributed by atoms with Crippen LogP contribution in [0.25, 0.3) is 0 Å². The van der Waals surface area contributed by atoms with Crippen molar-refractivity contribution in [3.63, 3.8) is 0 Å². The summed E-state index contributed by atoms with van der Waals surface area (Å²) in [4.78, 5) is 14.2. The van der Waals surface area contributed by atoms with Gasteiger partial charge in [0.15, 0.2) is 0 Å². The summed E-state index contributed by atoms with van der Waals surface area (Å²) < 4.78 is 0. The molecule has 1 aromatic heterocycles. The predicted molar refractivity (Wildman–Crippen MR) is 43.4 cm³/mol. The van der Waals surface area contributed by atoms with Gasteiger partial charge in [-0.15, -0.1) is 0 Å². The van der Waals surface area contributed by atoms with Gasteiger partial charge in [-0.05, 0) is 25.5 Å². The Morgan fingerprint density at radius 1 is 1.55 bits per heavy atom. The molecule has 58 valence electrons. The molecule has 1 N–H and O–H groups in total. The van der Waals surface area contributed by atoms with E-state index in [0.29, 0.717) is 6.41 Å². The van der Waals surface area contributed by atoms with E-state index >= 15 is 0 Å². The minimum absolute atomic E-state index is 0.668. The summed E-state index contributed by atoms with van der Waals surface area (Å²) in [5.41, 5.74) is 2.78. The number of nitrogens with one attached hydrogen (secondary N) is 1. The molecule has 1 rings (SSSR count). The molecule has 0 saturated carbocycles. The van der Waals surface area contributed by atoms with E-state index in [1.807, 2.05) is 13.8 Å². The monoisotopic (exact) mass is 150 g/mol. The second kappa shape index (κ2) is 3.14. The molecule has 0 aliphatic carbocycles. The third-order valence-electron chi connectivity index (χ3n) is 1.67. The Hall–Kier alpha value is -1.38. The van der Waals surface area contributed by atoms with Crippen LogP contribution in [-0.2, 0) is 4.79 Å². The lowest BCUT2D eigenvalue weighted by Crippen LogP contribution is -1.98. The maximum absolute atomic E-state index is 10.1. The maximum Gasteiger partial charge on any atom is 0.211 e. The molecule has 1 amide bonds. The van der Waals surface area contributed by atoms with Crippen molar-refractivity contribution in [2.24, 2.45) is 0 Å². The van der Waals surface area contributed by atoms with Crippen molar-refractivity contribution in [1.29, 1.82) is 0 Å². The molecule has 0 bridgehead atoms. The molecule has 0 fully saturated rings. The van der Waals surface area contributed by atoms with Gasteiger partial charge in [0, 0.05) is 17.6 Å². The highest BCUT2D eigenvalue weighted by Gasteiger charge is 1.98. The first-order valence-corrected chi connectivity index (χ1v) is 3.38. The van der Waals surface area contributed by atoms with Gasteiger partial charge in [-0.2, -0.15) is 0 Å². The van der Waals surface area contributed by atoms with E-state index in [0.717, 1.165) is 16.9 Å². The van der Waals surface area contributed by atoms with Crippen molar-refractivity contribution in [1.82, 2.24) is 4.98 Å². The summed E-state index contributed by atoms with van der Waals surface area (Å²) in [5, 5.41) is 2.60. The van der Waals surface area contributed by atoms with Gasteiger partial charge < -0.3 is 5.32 Å². The summed E-state index contributed by atoms with van der Waals surface area (Å²) in [6.07, 6.45) is 2.34. The average Bonchev–Trinajstić information content (AvgIpc) is 1.99. The first-order chi connectivity index (χ1) is 5.25. The van der Waals surface area contributed by atoms with Crippen LogP contribution in [0, 0.1) is 13.8 Å². The predicted octanol–water partition coefficient (Wildman–Crippen LogP) is 1.27. The molecule has 11 heavy (non-hydrogen) atoms. The van der Waals surface area contributed by atoms with Crippen LogP contribution in [0.15, 0.2) is 12.3 Å². The van der Waals surface area contributed by atoms with Crippen molar-refractivity contribution in [3.8, 4) is 0 Å². The Bertz CT molecular complexity index is 271. The van der Waals surface area contributed by atoms with E-state index in [1.54, 1.807) is 12.3 Å². The lowest BCUT2D eigenvalue weighted by Gasteiger charge is -2.04. The number of pyridine rings is 1. The molecule has 0 aliphatic rings. The largest absolute Gasteiger partial charge is 0.328 e. The van der Waals surface area contributed by atoms with Crippen molar-refractivity contribution >= 4 is 12.1 Å². The van der Waals surface area contributed by atoms with E-state index in [1.165, 1.54) is 0 Å². The zero-order valence-electron chi connectivity index (χ0n) is 6.59. The van der Waals surface area contributed by atoms with E-state index in [2.05, 4.69) is 10.3 Å². The van der Waals surface area contributed by atoms with Crippen LogP contribution in [-0.4, -0.2) is 11.4 Å². The smallest absolute Gasteiger partial charge is 0.211 e. The number of hydrogen-bond donors (Lipinski definition) is 1. The van der Waals surface area contributed by atoms with Crippen LogP contribution in [0.2, 0.25) is 0 Å². The molecular formula is C8H10N2O. The van der Waals surface area contributed by atoms with Gasteiger partial charge in [0.25, 0.3) is 0 Å². The lowest BCUT2D eigenvalue weighted by molar-refractivity contribution is -0.105. The second-order valence-electron chi connectivity index (χ2n) is 2.33. The fourth-order valence-electron chi connectivity index (χ4n) is 0.860. The second-order valence-corrected chi connectivity index (χ2v) is 2.33. The summed E-state index contributed by atoms with van der Waals surface area (Å²) in [6.45, 7) is 3.83. The van der Waals surface area contributed by atoms with Gasteiger partial charge in [-0.1, -0.05) is 0 Å². The molecule has 1 aromatic rings. The Labute approximate surface area is 65.5 Å². The highest BCUT2D eigenvalue weighted by molar-refractivity contribution is 5.73. The zero-order valence-corrected chi connectivity index (χ0v) is 6.59. The van der Waals surface area contributed by atoms with Gasteiger partial charge in [0.1, 0.15) is 0 Å². The first kappa shape index (κ1) is 7.72. The van der Waals surface area contributed by atoms with Crippen LogP contribution in [0.4, 0.5) is 5.69 Å². The fraction of sp³-hybridized carbons (Fsp3) is 0.250. The third kappa shape index (κ3) is 1.55. The topological polar surface area (TPSA) is 42.0 Å². The van der Waals surface area contributed by atoms with Gasteiger partial charge in [-0.3, -0.25) is 9.78 Å². The van der Waals surface area contributed by atoms with Crippen molar-refractivity contribution in [2.75, 3.05) is 5.32 Å². The van der Waals surface area contributed by atoms with Crippen LogP contribution in [0.5, 0.6) is 0 Å². The van der Waals surface area contributed by atoms with Gasteiger partial charge in [0.05, 0.1) is 0 Å². The molecule has 0 aliphatic heterocycles. The first-order valence-electron chi connectivity index (χ1n) is 3.38. The van der Waals surface area contributed by atoms with E-state index in [9.17, 15) is 4.79 Å². The normalized spacial score (nSPS) is 9.27. The van der Waals surface area contributed by atoms with Crippen molar-refractivity contribution in [2.45, 2.75) is 13.8 Å². The fourth-order valence-corrected chi connectivity index (χ4v) is 0.860. The SMILES string of the molecule is Cc1nccc(NC=O)c1C. The van der Waals surface area contributed by atoms with Crippen LogP contribution in [0.1, 0.15) is 11.3 Å². The molecule has 0 spiro atoms. The van der Waals surface area contributed by atoms with E-state index in [4.69, 9.17) is 0 Å². The average molecular weight is 150 g/mol. The molecular weight excluding hydrogens is 140 g/mol. The quantitative estimate of drug-likeness (QED) is 0.645. The van der Waals surface area contributed by atoms with Gasteiger partial charge in [0.2, 0.25) is 6.41 Å². The highest BCUT2D eigenvalue weighted by Crippen LogP contribution is 2.14. The number of amides is 1. The highest BCUT2D eigenvalue weighted by atomic mass is 16.1. The number of aromatic nitrogens is 1. The molecule has 3 nitrogen and oxygen atoms in total. The Kier molecular flexibility index (Phi) is 2.21. The maximum atomic E-state index is 10.1. The Balaban J connectivity index is 3.05. The Morgan fingerprint density at radius 2 is 2.27 bits per heavy atom. The number of rotatable bonds is 2. The molecule has 1 heterocycles. The van der Waals surface area contributed by atoms with E-state index < -0.39 is 0 Å². The molecule has 0 saturated heterocycles. The Morgan fingerprint density at radius 3 is 2.91 bits per heavy atom. The molecule has 0 unspecified atom stereocenters. The van der Waals surface area contributed by atoms with Gasteiger partial charge >= 0.3 is 0 Å². The molecule has 0 radical (unpaired) electrons. The summed E-state index contributed by atoms with van der Waals surface area (Å²) in [7, 11) is 0. The summed E-state index contributed by atoms with van der Waals surface area (Å²) in [6, 6.07) is 1.77. The minimum atomic E-state index is 0.668. The van der Waals surface area contributed by atoms with Crippen LogP contribution in [0.3, 0.4) is 0 Å². The summed E-state index contributed by atoms with van der Waals surface area (Å²) >= 11 is 0. The van der Waals surface area contributed by atoms with Crippen molar-refractivity contribution < 1.29 is 4.79 Å². The number of aryl methyl sites for hydroxylation is 1. The molecule has 3 heteroatoms. The van der Waals surface area contributed by atoms with E-state index in [-0.39, 0.29) is 0 Å². The number of anilines is 1. The minimum Gasteiger partial charge on any atom is -0.328 e. The molecule has 0 atom stereocenters. The third-order valence-corrected chi connectivity index (χ3v) is 1.67. The summed E-state index contributed by atoms with van der Waals surface area (Å²) in [5.74, 6) is 0. The van der Waals surface area contributed by atoms with Crippen molar-refractivity contribution in [3.05, 3.63) is 23.5 Å².